The zero-order valence-corrected chi connectivity index (χ0v) is 10.9. The topological polar surface area (TPSA) is 30.2 Å². The Hall–Kier alpha value is -2.09. The van der Waals surface area contributed by atoms with Crippen molar-refractivity contribution < 1.29 is 9.21 Å². The average molecular weight is 240 g/mol. The van der Waals surface area contributed by atoms with Gasteiger partial charge in [-0.05, 0) is 32.9 Å². The first-order valence-corrected chi connectivity index (χ1v) is 5.96. The van der Waals surface area contributed by atoms with Gasteiger partial charge in [-0.25, -0.2) is 0 Å². The first kappa shape index (κ1) is 12.4. The third kappa shape index (κ3) is 2.43. The number of carbonyl (C=O) groups excluding carboxylic acids is 1. The second kappa shape index (κ2) is 5.05. The highest BCUT2D eigenvalue weighted by Gasteiger charge is 2.13. The lowest BCUT2D eigenvalue weighted by atomic mass is 10.1. The van der Waals surface area contributed by atoms with E-state index >= 15 is 0 Å². The van der Waals surface area contributed by atoms with Crippen LogP contribution < -0.4 is 0 Å². The van der Waals surface area contributed by atoms with Crippen LogP contribution in [0.1, 0.15) is 35.5 Å². The van der Waals surface area contributed by atoms with Gasteiger partial charge < -0.3 is 4.42 Å². The summed E-state index contributed by atoms with van der Waals surface area (Å²) >= 11 is 0. The van der Waals surface area contributed by atoms with E-state index in [1.165, 1.54) is 5.56 Å². The highest BCUT2D eigenvalue weighted by molar-refractivity contribution is 5.98. The third-order valence-electron chi connectivity index (χ3n) is 2.79. The quantitative estimate of drug-likeness (QED) is 0.740. The fraction of sp³-hybridized carbons (Fsp3) is 0.188. The minimum absolute atomic E-state index is 0.0187. The summed E-state index contributed by atoms with van der Waals surface area (Å²) < 4.78 is 5.73. The lowest BCUT2D eigenvalue weighted by molar-refractivity contribution is 0.101. The van der Waals surface area contributed by atoms with Crippen LogP contribution in [0.2, 0.25) is 0 Å². The van der Waals surface area contributed by atoms with Crippen molar-refractivity contribution in [2.45, 2.75) is 20.8 Å². The van der Waals surface area contributed by atoms with E-state index < -0.39 is 0 Å². The number of furan rings is 1. The predicted molar refractivity (Wildman–Crippen MR) is 73.6 cm³/mol. The van der Waals surface area contributed by atoms with Gasteiger partial charge in [0, 0.05) is 5.56 Å². The lowest BCUT2D eigenvalue weighted by Crippen LogP contribution is -1.90. The van der Waals surface area contributed by atoms with Crippen LogP contribution in [0.4, 0.5) is 0 Å². The molecule has 2 heteroatoms. The molecule has 0 aliphatic carbocycles. The Balaban J connectivity index is 2.49. The van der Waals surface area contributed by atoms with Gasteiger partial charge >= 0.3 is 0 Å². The Morgan fingerprint density at radius 2 is 1.89 bits per heavy atom. The molecule has 0 N–H and O–H groups in total. The van der Waals surface area contributed by atoms with Gasteiger partial charge in [-0.2, -0.15) is 0 Å². The molecule has 1 aromatic carbocycles. The van der Waals surface area contributed by atoms with Gasteiger partial charge in [0.05, 0.1) is 5.56 Å². The summed E-state index contributed by atoms with van der Waals surface area (Å²) in [6.45, 7) is 5.49. The number of benzene rings is 1. The van der Waals surface area contributed by atoms with Crippen molar-refractivity contribution in [1.82, 2.24) is 0 Å². The number of ketones is 1. The summed E-state index contributed by atoms with van der Waals surface area (Å²) in [5, 5.41) is 0. The summed E-state index contributed by atoms with van der Waals surface area (Å²) in [4.78, 5) is 11.5. The van der Waals surface area contributed by atoms with Crippen LogP contribution in [-0.4, -0.2) is 5.78 Å². The fourth-order valence-corrected chi connectivity index (χ4v) is 1.82. The molecule has 0 atom stereocenters. The Morgan fingerprint density at radius 1 is 1.22 bits per heavy atom. The van der Waals surface area contributed by atoms with Gasteiger partial charge in [-0.15, -0.1) is 0 Å². The van der Waals surface area contributed by atoms with Crippen molar-refractivity contribution >= 4 is 11.9 Å². The number of aryl methyl sites for hydroxylation is 1. The summed E-state index contributed by atoms with van der Waals surface area (Å²) in [7, 11) is 0. The molecule has 18 heavy (non-hydrogen) atoms. The Labute approximate surface area is 107 Å². The SMILES string of the molecule is C/C=C\c1oc(-c2ccc(C)cc2)cc1C(C)=O. The molecule has 0 aliphatic rings. The van der Waals surface area contributed by atoms with E-state index in [1.54, 1.807) is 6.92 Å². The fourth-order valence-electron chi connectivity index (χ4n) is 1.82. The highest BCUT2D eigenvalue weighted by atomic mass is 16.3. The molecule has 1 heterocycles. The number of allylic oxidation sites excluding steroid dienone is 1. The molecule has 92 valence electrons. The van der Waals surface area contributed by atoms with Crippen molar-refractivity contribution in [1.29, 1.82) is 0 Å². The van der Waals surface area contributed by atoms with Gasteiger partial charge in [0.2, 0.25) is 0 Å². The second-order valence-electron chi connectivity index (χ2n) is 4.31. The molecular formula is C16H16O2. The van der Waals surface area contributed by atoms with Gasteiger partial charge in [0.1, 0.15) is 11.5 Å². The minimum atomic E-state index is 0.0187. The first-order chi connectivity index (χ1) is 8.61. The first-order valence-electron chi connectivity index (χ1n) is 5.96. The van der Waals surface area contributed by atoms with Crippen LogP contribution in [0.3, 0.4) is 0 Å². The maximum Gasteiger partial charge on any atom is 0.163 e. The number of hydrogen-bond acceptors (Lipinski definition) is 2. The van der Waals surface area contributed by atoms with E-state index in [0.29, 0.717) is 11.3 Å². The van der Waals surface area contributed by atoms with Crippen LogP contribution in [0.5, 0.6) is 0 Å². The predicted octanol–water partition coefficient (Wildman–Crippen LogP) is 4.49. The van der Waals surface area contributed by atoms with Gasteiger partial charge in [0.15, 0.2) is 5.78 Å². The molecule has 0 spiro atoms. The molecule has 0 radical (unpaired) electrons. The molecule has 0 amide bonds. The molecule has 0 unspecified atom stereocenters. The number of hydrogen-bond donors (Lipinski definition) is 0. The van der Waals surface area contributed by atoms with Crippen LogP contribution >= 0.6 is 0 Å². The molecule has 1 aromatic heterocycles. The van der Waals surface area contributed by atoms with E-state index in [1.807, 2.05) is 56.3 Å². The molecule has 2 nitrogen and oxygen atoms in total. The Kier molecular flexibility index (Phi) is 3.47. The zero-order chi connectivity index (χ0) is 13.1. The maximum atomic E-state index is 11.5. The van der Waals surface area contributed by atoms with E-state index in [9.17, 15) is 4.79 Å². The Morgan fingerprint density at radius 3 is 2.44 bits per heavy atom. The van der Waals surface area contributed by atoms with Crippen molar-refractivity contribution in [3.8, 4) is 11.3 Å². The lowest BCUT2D eigenvalue weighted by Gasteiger charge is -1.96. The molecule has 0 aliphatic heterocycles. The van der Waals surface area contributed by atoms with Gasteiger partial charge in [0.25, 0.3) is 0 Å². The summed E-state index contributed by atoms with van der Waals surface area (Å²) in [5.74, 6) is 1.37. The maximum absolute atomic E-state index is 11.5. The molecular weight excluding hydrogens is 224 g/mol. The van der Waals surface area contributed by atoms with Crippen LogP contribution in [0.15, 0.2) is 40.8 Å². The summed E-state index contributed by atoms with van der Waals surface area (Å²) in [5.41, 5.74) is 2.81. The monoisotopic (exact) mass is 240 g/mol. The van der Waals surface area contributed by atoms with Crippen molar-refractivity contribution in [2.75, 3.05) is 0 Å². The molecule has 0 saturated heterocycles. The average Bonchev–Trinajstić information content (AvgIpc) is 2.75. The number of carbonyl (C=O) groups is 1. The van der Waals surface area contributed by atoms with Crippen LogP contribution in [-0.2, 0) is 0 Å². The Bertz CT molecular complexity index is 586. The van der Waals surface area contributed by atoms with E-state index in [0.717, 1.165) is 11.3 Å². The van der Waals surface area contributed by atoms with Crippen LogP contribution in [0, 0.1) is 6.92 Å². The number of rotatable bonds is 3. The van der Waals surface area contributed by atoms with Gasteiger partial charge in [-0.1, -0.05) is 35.9 Å². The largest absolute Gasteiger partial charge is 0.456 e. The zero-order valence-electron chi connectivity index (χ0n) is 10.9. The molecule has 0 fully saturated rings. The molecule has 2 aromatic rings. The van der Waals surface area contributed by atoms with Crippen molar-refractivity contribution in [3.63, 3.8) is 0 Å². The summed E-state index contributed by atoms with van der Waals surface area (Å²) in [6, 6.07) is 9.86. The second-order valence-corrected chi connectivity index (χ2v) is 4.31. The molecule has 0 bridgehead atoms. The smallest absolute Gasteiger partial charge is 0.163 e. The van der Waals surface area contributed by atoms with Crippen molar-refractivity contribution in [2.24, 2.45) is 0 Å². The van der Waals surface area contributed by atoms with Crippen molar-refractivity contribution in [3.05, 3.63) is 53.3 Å². The standard InChI is InChI=1S/C16H16O2/c1-4-5-15-14(12(3)17)10-16(18-15)13-8-6-11(2)7-9-13/h4-10H,1-3H3/b5-4-. The minimum Gasteiger partial charge on any atom is -0.456 e. The molecule has 0 saturated carbocycles. The van der Waals surface area contributed by atoms with E-state index in [2.05, 4.69) is 0 Å². The normalized spacial score (nSPS) is 11.1. The molecule has 2 rings (SSSR count). The van der Waals surface area contributed by atoms with Gasteiger partial charge in [-0.3, -0.25) is 4.79 Å². The van der Waals surface area contributed by atoms with E-state index in [-0.39, 0.29) is 5.78 Å². The number of Topliss-reactive ketones (excluding diaryl/α,β-unsaturated/α-hetero) is 1. The van der Waals surface area contributed by atoms with Crippen LogP contribution in [0.25, 0.3) is 17.4 Å². The van der Waals surface area contributed by atoms with E-state index in [4.69, 9.17) is 4.42 Å². The third-order valence-corrected chi connectivity index (χ3v) is 2.79. The highest BCUT2D eigenvalue weighted by Crippen LogP contribution is 2.27. The summed E-state index contributed by atoms with van der Waals surface area (Å²) in [6.07, 6.45) is 3.68.